The minimum Gasteiger partial charge on any atom is -0.369 e. The lowest BCUT2D eigenvalue weighted by Gasteiger charge is -2.30. The fourth-order valence-corrected chi connectivity index (χ4v) is 4.35. The van der Waals surface area contributed by atoms with Gasteiger partial charge in [0, 0.05) is 31.5 Å². The first-order chi connectivity index (χ1) is 13.6. The molecule has 1 N–H and O–H groups in total. The highest BCUT2D eigenvalue weighted by Crippen LogP contribution is 2.33. The molecule has 3 heterocycles. The van der Waals surface area contributed by atoms with E-state index in [2.05, 4.69) is 45.1 Å². The van der Waals surface area contributed by atoms with E-state index in [1.54, 1.807) is 18.5 Å². The molecule has 1 amide bonds. The van der Waals surface area contributed by atoms with Crippen molar-refractivity contribution in [2.45, 2.75) is 25.8 Å². The number of nitrogens with one attached hydrogen (secondary N) is 1. The van der Waals surface area contributed by atoms with Crippen LogP contribution in [0.1, 0.15) is 25.3 Å². The number of carbonyl (C=O) groups excluding carboxylic acids is 1. The number of hydrogen-bond acceptors (Lipinski definition) is 6. The molecule has 4 rings (SSSR count). The lowest BCUT2D eigenvalue weighted by Crippen LogP contribution is -2.46. The highest BCUT2D eigenvalue weighted by Gasteiger charge is 2.36. The second kappa shape index (κ2) is 7.72. The Morgan fingerprint density at radius 3 is 2.61 bits per heavy atom. The van der Waals surface area contributed by atoms with E-state index in [9.17, 15) is 10.1 Å². The van der Waals surface area contributed by atoms with Gasteiger partial charge >= 0.3 is 0 Å². The largest absolute Gasteiger partial charge is 0.369 e. The van der Waals surface area contributed by atoms with Crippen LogP contribution in [0.5, 0.6) is 0 Å². The fraction of sp³-hybridized carbons (Fsp3) is 0.524. The van der Waals surface area contributed by atoms with Gasteiger partial charge in [-0.3, -0.25) is 14.8 Å². The standard InChI is InChI=1S/C21H26N6O/c1-14-12-27(13-17(14)21(28)25-16-5-9-26(2)10-6-16)18-4-3-15(11-22)19-20(18)24-8-7-23-19/h3-4,7-8,14,16-17H,5-6,9-10,12-13H2,1-2H3,(H,25,28)/t14-,17-/m0/s1. The molecule has 146 valence electrons. The van der Waals surface area contributed by atoms with Gasteiger partial charge < -0.3 is 15.1 Å². The number of rotatable bonds is 3. The molecule has 2 fully saturated rings. The summed E-state index contributed by atoms with van der Waals surface area (Å²) >= 11 is 0. The van der Waals surface area contributed by atoms with E-state index < -0.39 is 0 Å². The maximum absolute atomic E-state index is 12.9. The maximum atomic E-state index is 12.9. The molecule has 2 aliphatic heterocycles. The molecule has 0 saturated carbocycles. The summed E-state index contributed by atoms with van der Waals surface area (Å²) in [6, 6.07) is 6.19. The van der Waals surface area contributed by atoms with Crippen LogP contribution < -0.4 is 10.2 Å². The van der Waals surface area contributed by atoms with Crippen molar-refractivity contribution in [3.8, 4) is 6.07 Å². The highest BCUT2D eigenvalue weighted by atomic mass is 16.2. The van der Waals surface area contributed by atoms with E-state index in [0.29, 0.717) is 17.6 Å². The van der Waals surface area contributed by atoms with Gasteiger partial charge in [-0.25, -0.2) is 0 Å². The van der Waals surface area contributed by atoms with Crippen LogP contribution in [0.15, 0.2) is 24.5 Å². The number of piperidine rings is 1. The van der Waals surface area contributed by atoms with Crippen molar-refractivity contribution in [1.29, 1.82) is 5.26 Å². The van der Waals surface area contributed by atoms with E-state index in [1.165, 1.54) is 0 Å². The van der Waals surface area contributed by atoms with Crippen molar-refractivity contribution in [1.82, 2.24) is 20.2 Å². The van der Waals surface area contributed by atoms with Crippen molar-refractivity contribution >= 4 is 22.6 Å². The number of benzene rings is 1. The quantitative estimate of drug-likeness (QED) is 0.876. The Morgan fingerprint density at radius 1 is 1.18 bits per heavy atom. The molecule has 0 spiro atoms. The van der Waals surface area contributed by atoms with Gasteiger partial charge in [0.2, 0.25) is 5.91 Å². The Hall–Kier alpha value is -2.72. The van der Waals surface area contributed by atoms with Gasteiger partial charge in [0.1, 0.15) is 17.1 Å². The SMILES string of the molecule is C[C@H]1CN(c2ccc(C#N)c3nccnc23)C[C@@H]1C(=O)NC1CCN(C)CC1. The van der Waals surface area contributed by atoms with Crippen LogP contribution in [-0.2, 0) is 4.79 Å². The molecular weight excluding hydrogens is 352 g/mol. The van der Waals surface area contributed by atoms with E-state index >= 15 is 0 Å². The molecular formula is C21H26N6O. The zero-order valence-corrected chi connectivity index (χ0v) is 16.4. The van der Waals surface area contributed by atoms with Crippen LogP contribution in [0.4, 0.5) is 5.69 Å². The number of carbonyl (C=O) groups is 1. The summed E-state index contributed by atoms with van der Waals surface area (Å²) in [5, 5.41) is 12.6. The number of fused-ring (bicyclic) bond motifs is 1. The highest BCUT2D eigenvalue weighted by molar-refractivity contribution is 5.92. The number of hydrogen-bond donors (Lipinski definition) is 1. The van der Waals surface area contributed by atoms with Crippen molar-refractivity contribution in [3.05, 3.63) is 30.1 Å². The summed E-state index contributed by atoms with van der Waals surface area (Å²) in [6.45, 7) is 5.66. The van der Waals surface area contributed by atoms with Crippen LogP contribution in [0.3, 0.4) is 0 Å². The summed E-state index contributed by atoms with van der Waals surface area (Å²) in [7, 11) is 2.12. The number of likely N-dealkylation sites (tertiary alicyclic amines) is 1. The van der Waals surface area contributed by atoms with E-state index in [0.717, 1.165) is 43.7 Å². The normalized spacial score (nSPS) is 23.7. The first-order valence-electron chi connectivity index (χ1n) is 9.94. The van der Waals surface area contributed by atoms with Gasteiger partial charge in [-0.2, -0.15) is 5.26 Å². The van der Waals surface area contributed by atoms with Gasteiger partial charge in [0.15, 0.2) is 0 Å². The molecule has 1 aromatic carbocycles. The van der Waals surface area contributed by atoms with Crippen molar-refractivity contribution in [3.63, 3.8) is 0 Å². The zero-order valence-electron chi connectivity index (χ0n) is 16.4. The van der Waals surface area contributed by atoms with Crippen LogP contribution in [-0.4, -0.2) is 60.0 Å². The van der Waals surface area contributed by atoms with Gasteiger partial charge in [-0.05, 0) is 51.0 Å². The van der Waals surface area contributed by atoms with Crippen molar-refractivity contribution < 1.29 is 4.79 Å². The van der Waals surface area contributed by atoms with E-state index in [-0.39, 0.29) is 23.8 Å². The molecule has 0 radical (unpaired) electrons. The van der Waals surface area contributed by atoms with Gasteiger partial charge in [0.05, 0.1) is 17.2 Å². The predicted molar refractivity (Wildman–Crippen MR) is 108 cm³/mol. The third-order valence-corrected chi connectivity index (χ3v) is 6.08. The molecule has 1 aromatic heterocycles. The Balaban J connectivity index is 1.51. The third-order valence-electron chi connectivity index (χ3n) is 6.08. The fourth-order valence-electron chi connectivity index (χ4n) is 4.35. The number of nitrogens with zero attached hydrogens (tertiary/aromatic N) is 5. The molecule has 28 heavy (non-hydrogen) atoms. The summed E-state index contributed by atoms with van der Waals surface area (Å²) < 4.78 is 0. The van der Waals surface area contributed by atoms with Crippen LogP contribution in [0, 0.1) is 23.2 Å². The lowest BCUT2D eigenvalue weighted by atomic mass is 9.96. The monoisotopic (exact) mass is 378 g/mol. The number of aromatic nitrogens is 2. The summed E-state index contributed by atoms with van der Waals surface area (Å²) in [5.41, 5.74) is 2.82. The summed E-state index contributed by atoms with van der Waals surface area (Å²) in [6.07, 6.45) is 5.29. The molecule has 2 atom stereocenters. The second-order valence-electron chi connectivity index (χ2n) is 8.07. The van der Waals surface area contributed by atoms with Gasteiger partial charge in [0.25, 0.3) is 0 Å². The topological polar surface area (TPSA) is 85.1 Å². The molecule has 7 heteroatoms. The molecule has 0 aliphatic carbocycles. The molecule has 2 aromatic rings. The Morgan fingerprint density at radius 2 is 1.89 bits per heavy atom. The molecule has 0 unspecified atom stereocenters. The van der Waals surface area contributed by atoms with Crippen molar-refractivity contribution in [2.24, 2.45) is 11.8 Å². The minimum absolute atomic E-state index is 0.0398. The molecule has 2 aliphatic rings. The first kappa shape index (κ1) is 18.6. The van der Waals surface area contributed by atoms with E-state index in [4.69, 9.17) is 0 Å². The number of amides is 1. The van der Waals surface area contributed by atoms with Crippen LogP contribution in [0.25, 0.3) is 11.0 Å². The number of nitriles is 1. The second-order valence-corrected chi connectivity index (χ2v) is 8.07. The lowest BCUT2D eigenvalue weighted by molar-refractivity contribution is -0.126. The Labute approximate surface area is 165 Å². The Kier molecular flexibility index (Phi) is 5.14. The minimum atomic E-state index is -0.0398. The maximum Gasteiger partial charge on any atom is 0.225 e. The summed E-state index contributed by atoms with van der Waals surface area (Å²) in [4.78, 5) is 26.3. The van der Waals surface area contributed by atoms with Crippen LogP contribution in [0.2, 0.25) is 0 Å². The third kappa shape index (κ3) is 3.52. The summed E-state index contributed by atoms with van der Waals surface area (Å²) in [5.74, 6) is 0.379. The molecule has 2 saturated heterocycles. The predicted octanol–water partition coefficient (Wildman–Crippen LogP) is 1.78. The number of anilines is 1. The zero-order chi connectivity index (χ0) is 19.7. The Bertz CT molecular complexity index is 915. The average Bonchev–Trinajstić information content (AvgIpc) is 3.10. The van der Waals surface area contributed by atoms with Gasteiger partial charge in [-0.15, -0.1) is 0 Å². The first-order valence-corrected chi connectivity index (χ1v) is 9.94. The van der Waals surface area contributed by atoms with Crippen LogP contribution >= 0.6 is 0 Å². The van der Waals surface area contributed by atoms with Crippen molar-refractivity contribution in [2.75, 3.05) is 38.1 Å². The van der Waals surface area contributed by atoms with E-state index in [1.807, 2.05) is 6.07 Å². The average molecular weight is 378 g/mol. The smallest absolute Gasteiger partial charge is 0.225 e. The van der Waals surface area contributed by atoms with Gasteiger partial charge in [-0.1, -0.05) is 6.92 Å². The molecule has 7 nitrogen and oxygen atoms in total. The molecule has 0 bridgehead atoms.